The summed E-state index contributed by atoms with van der Waals surface area (Å²) in [6, 6.07) is -1.06. The Morgan fingerprint density at radius 1 is 1.12 bits per heavy atom. The van der Waals surface area contributed by atoms with Crippen molar-refractivity contribution in [3.63, 3.8) is 0 Å². The summed E-state index contributed by atoms with van der Waals surface area (Å²) in [6.45, 7) is 4.64. The lowest BCUT2D eigenvalue weighted by molar-refractivity contribution is -0.160. The fourth-order valence-corrected chi connectivity index (χ4v) is 7.84. The highest BCUT2D eigenvalue weighted by Crippen LogP contribution is 2.65. The molecule has 0 bridgehead atoms. The average molecular weight is 492 g/mol. The molecule has 0 aromatic rings. The topological polar surface area (TPSA) is 110 Å². The molecule has 0 radical (unpaired) electrons. The normalized spacial score (nSPS) is 37.5. The Morgan fingerprint density at radius 2 is 1.88 bits per heavy atom. The summed E-state index contributed by atoms with van der Waals surface area (Å²) in [7, 11) is 0. The van der Waals surface area contributed by atoms with E-state index in [-0.39, 0.29) is 41.3 Å². The van der Waals surface area contributed by atoms with Gasteiger partial charge in [-0.25, -0.2) is 4.79 Å². The molecule has 3 fully saturated rings. The maximum atomic E-state index is 12.6. The van der Waals surface area contributed by atoms with E-state index in [1.807, 2.05) is 6.08 Å². The number of carbonyl (C=O) groups is 4. The van der Waals surface area contributed by atoms with Crippen molar-refractivity contribution >= 4 is 36.3 Å². The number of ether oxygens (including phenoxy) is 1. The second kappa shape index (κ2) is 9.67. The van der Waals surface area contributed by atoms with Crippen molar-refractivity contribution in [2.75, 3.05) is 5.75 Å². The van der Waals surface area contributed by atoms with Crippen LogP contribution in [0.2, 0.25) is 0 Å². The Kier molecular flexibility index (Phi) is 7.19. The molecule has 7 nitrogen and oxygen atoms in total. The molecule has 8 heteroatoms. The van der Waals surface area contributed by atoms with Gasteiger partial charge in [0.1, 0.15) is 12.1 Å². The van der Waals surface area contributed by atoms with Crippen molar-refractivity contribution < 1.29 is 29.0 Å². The number of carboxylic acids is 1. The number of esters is 1. The monoisotopic (exact) mass is 491 g/mol. The highest BCUT2D eigenvalue weighted by atomic mass is 32.1. The molecule has 4 aliphatic rings. The maximum absolute atomic E-state index is 12.6. The zero-order valence-corrected chi connectivity index (χ0v) is 21.1. The molecule has 0 aromatic heterocycles. The maximum Gasteiger partial charge on any atom is 0.327 e. The van der Waals surface area contributed by atoms with Crippen LogP contribution in [0.25, 0.3) is 0 Å². The molecule has 7 atom stereocenters. The Bertz CT molecular complexity index is 902. The van der Waals surface area contributed by atoms with E-state index < -0.39 is 23.9 Å². The third-order valence-electron chi connectivity index (χ3n) is 9.52. The van der Waals surface area contributed by atoms with Gasteiger partial charge in [-0.2, -0.15) is 12.6 Å². The highest BCUT2D eigenvalue weighted by Gasteiger charge is 2.59. The van der Waals surface area contributed by atoms with Crippen LogP contribution in [0.15, 0.2) is 11.6 Å². The fourth-order valence-electron chi connectivity index (χ4n) is 7.59. The quantitative estimate of drug-likeness (QED) is 0.370. The van der Waals surface area contributed by atoms with Gasteiger partial charge in [-0.05, 0) is 74.2 Å². The molecule has 4 aliphatic carbocycles. The number of fused-ring (bicyclic) bond motifs is 5. The lowest BCUT2D eigenvalue weighted by Gasteiger charge is -2.57. The van der Waals surface area contributed by atoms with Crippen molar-refractivity contribution in [2.24, 2.45) is 28.6 Å². The number of hydrogen-bond acceptors (Lipinski definition) is 6. The highest BCUT2D eigenvalue weighted by molar-refractivity contribution is 7.80. The Morgan fingerprint density at radius 3 is 2.59 bits per heavy atom. The van der Waals surface area contributed by atoms with Gasteiger partial charge in [-0.3, -0.25) is 14.4 Å². The number of allylic oxidation sites excluding steroid dienone is 1. The first-order chi connectivity index (χ1) is 16.1. The van der Waals surface area contributed by atoms with Crippen LogP contribution >= 0.6 is 12.6 Å². The number of carboxylic acid groups (broad SMARTS) is 1. The van der Waals surface area contributed by atoms with Crippen molar-refractivity contribution in [3.05, 3.63) is 11.6 Å². The SMILES string of the molecule is C[C@]12CC[C@H]3[C@@H](CCC4=CC(=O)CC[C@@]43C)[C@@H]1CC[C@@H]2OC(=O)CCC(=O)N[C@@H](CS)C(=O)O. The molecule has 0 spiro atoms. The lowest BCUT2D eigenvalue weighted by Crippen LogP contribution is -2.51. The minimum atomic E-state index is -1.15. The van der Waals surface area contributed by atoms with Gasteiger partial charge in [-0.1, -0.05) is 19.4 Å². The Hall–Kier alpha value is -1.83. The lowest BCUT2D eigenvalue weighted by atomic mass is 9.47. The Labute approximate surface area is 206 Å². The molecule has 0 saturated heterocycles. The smallest absolute Gasteiger partial charge is 0.327 e. The van der Waals surface area contributed by atoms with Gasteiger partial charge in [0.2, 0.25) is 5.91 Å². The van der Waals surface area contributed by atoms with E-state index in [0.29, 0.717) is 24.2 Å². The zero-order chi connectivity index (χ0) is 24.7. The van der Waals surface area contributed by atoms with E-state index in [4.69, 9.17) is 9.84 Å². The van der Waals surface area contributed by atoms with E-state index in [2.05, 4.69) is 31.8 Å². The number of rotatable bonds is 7. The minimum absolute atomic E-state index is 0.0118. The average Bonchev–Trinajstić information content (AvgIpc) is 3.12. The second-order valence-electron chi connectivity index (χ2n) is 11.2. The van der Waals surface area contributed by atoms with Crippen LogP contribution in [0.4, 0.5) is 0 Å². The van der Waals surface area contributed by atoms with Gasteiger partial charge in [0.05, 0.1) is 6.42 Å². The number of nitrogens with one attached hydrogen (secondary N) is 1. The van der Waals surface area contributed by atoms with Crippen LogP contribution in [-0.2, 0) is 23.9 Å². The van der Waals surface area contributed by atoms with Crippen LogP contribution in [-0.4, -0.2) is 46.6 Å². The third-order valence-corrected chi connectivity index (χ3v) is 9.89. The standard InChI is InChI=1S/C26H37NO6S/c1-25-11-9-16(28)13-15(25)3-4-17-18-5-6-21(26(18,2)12-10-19(17)25)33-23(30)8-7-22(29)27-20(14-34)24(31)32/h13,17-21,34H,3-12,14H2,1-2H3,(H,27,29)(H,31,32)/t17-,18-,19-,20-,21-,25-,26-/m0/s1. The van der Waals surface area contributed by atoms with Gasteiger partial charge in [-0.15, -0.1) is 0 Å². The third kappa shape index (κ3) is 4.54. The van der Waals surface area contributed by atoms with Gasteiger partial charge in [0, 0.05) is 24.0 Å². The summed E-state index contributed by atoms with van der Waals surface area (Å²) in [5, 5.41) is 11.4. The largest absolute Gasteiger partial charge is 0.480 e. The van der Waals surface area contributed by atoms with Crippen LogP contribution in [0.1, 0.15) is 78.1 Å². The van der Waals surface area contributed by atoms with E-state index in [9.17, 15) is 19.2 Å². The number of hydrogen-bond donors (Lipinski definition) is 3. The summed E-state index contributed by atoms with van der Waals surface area (Å²) in [4.78, 5) is 47.7. The molecule has 0 unspecified atom stereocenters. The van der Waals surface area contributed by atoms with Crippen LogP contribution in [0.3, 0.4) is 0 Å². The van der Waals surface area contributed by atoms with E-state index >= 15 is 0 Å². The molecule has 0 aliphatic heterocycles. The van der Waals surface area contributed by atoms with Gasteiger partial charge >= 0.3 is 11.9 Å². The van der Waals surface area contributed by atoms with Gasteiger partial charge in [0.25, 0.3) is 0 Å². The van der Waals surface area contributed by atoms with Gasteiger partial charge < -0.3 is 15.2 Å². The number of aliphatic carboxylic acids is 1. The van der Waals surface area contributed by atoms with Crippen molar-refractivity contribution in [3.8, 4) is 0 Å². The summed E-state index contributed by atoms with van der Waals surface area (Å²) in [6.07, 6.45) is 9.34. The first-order valence-corrected chi connectivity index (χ1v) is 13.3. The molecule has 34 heavy (non-hydrogen) atoms. The van der Waals surface area contributed by atoms with E-state index in [1.54, 1.807) is 0 Å². The summed E-state index contributed by atoms with van der Waals surface area (Å²) < 4.78 is 5.93. The van der Waals surface area contributed by atoms with Crippen molar-refractivity contribution in [1.82, 2.24) is 5.32 Å². The molecule has 2 N–H and O–H groups in total. The molecular formula is C26H37NO6S. The summed E-state index contributed by atoms with van der Waals surface area (Å²) in [5.74, 6) is -0.0724. The number of ketones is 1. The molecule has 188 valence electrons. The predicted octanol–water partition coefficient (Wildman–Crippen LogP) is 3.71. The van der Waals surface area contributed by atoms with E-state index in [1.165, 1.54) is 5.57 Å². The zero-order valence-electron chi connectivity index (χ0n) is 20.2. The van der Waals surface area contributed by atoms with Crippen LogP contribution in [0, 0.1) is 28.6 Å². The van der Waals surface area contributed by atoms with Gasteiger partial charge in [0.15, 0.2) is 5.78 Å². The van der Waals surface area contributed by atoms with Crippen LogP contribution in [0.5, 0.6) is 0 Å². The molecule has 1 amide bonds. The molecule has 3 saturated carbocycles. The summed E-state index contributed by atoms with van der Waals surface area (Å²) >= 11 is 3.93. The first kappa shape index (κ1) is 25.3. The van der Waals surface area contributed by atoms with Crippen molar-refractivity contribution in [2.45, 2.75) is 90.2 Å². The summed E-state index contributed by atoms with van der Waals surface area (Å²) in [5.41, 5.74) is 1.43. The molecule has 0 aromatic carbocycles. The van der Waals surface area contributed by atoms with E-state index in [0.717, 1.165) is 44.9 Å². The number of thiol groups is 1. The Balaban J connectivity index is 1.35. The first-order valence-electron chi connectivity index (χ1n) is 12.6. The molecule has 4 rings (SSSR count). The van der Waals surface area contributed by atoms with Crippen molar-refractivity contribution in [1.29, 1.82) is 0 Å². The minimum Gasteiger partial charge on any atom is -0.480 e. The van der Waals surface area contributed by atoms with Crippen LogP contribution < -0.4 is 5.32 Å². The second-order valence-corrected chi connectivity index (χ2v) is 11.6. The number of carbonyl (C=O) groups excluding carboxylic acids is 3. The number of amides is 1. The molecule has 0 heterocycles. The predicted molar refractivity (Wildman–Crippen MR) is 129 cm³/mol. The fraction of sp³-hybridized carbons (Fsp3) is 0.769. The molecular weight excluding hydrogens is 454 g/mol.